The largest absolute Gasteiger partial charge is 0.480 e. The van der Waals surface area contributed by atoms with Gasteiger partial charge in [0.15, 0.2) is 0 Å². The molecule has 1 saturated heterocycles. The van der Waals surface area contributed by atoms with Crippen molar-refractivity contribution in [1.29, 1.82) is 0 Å². The molecule has 13 nitrogen and oxygen atoms in total. The van der Waals surface area contributed by atoms with E-state index in [1.165, 1.54) is 4.90 Å². The predicted molar refractivity (Wildman–Crippen MR) is 127 cm³/mol. The summed E-state index contributed by atoms with van der Waals surface area (Å²) in [6.07, 6.45) is -0.0178. The third-order valence-corrected chi connectivity index (χ3v) is 5.79. The first-order chi connectivity index (χ1) is 17.0. The molecule has 4 unspecified atom stereocenters. The van der Waals surface area contributed by atoms with Gasteiger partial charge in [0.1, 0.15) is 18.1 Å². The minimum absolute atomic E-state index is 0.109. The Balaban J connectivity index is 2.13. The van der Waals surface area contributed by atoms with Crippen molar-refractivity contribution < 1.29 is 33.9 Å². The number of benzene rings is 1. The van der Waals surface area contributed by atoms with Crippen LogP contribution in [0.3, 0.4) is 0 Å². The van der Waals surface area contributed by atoms with E-state index in [0.29, 0.717) is 6.42 Å². The summed E-state index contributed by atoms with van der Waals surface area (Å²) in [5.41, 5.74) is 17.1. The number of nitrogens with zero attached hydrogens (tertiary/aromatic N) is 1. The molecule has 2 rings (SSSR count). The van der Waals surface area contributed by atoms with Crippen molar-refractivity contribution in [3.8, 4) is 0 Å². The quantitative estimate of drug-likeness (QED) is 0.171. The van der Waals surface area contributed by atoms with Gasteiger partial charge < -0.3 is 37.8 Å². The van der Waals surface area contributed by atoms with Crippen LogP contribution in [-0.2, 0) is 35.2 Å². The number of carboxylic acid groups (broad SMARTS) is 1. The van der Waals surface area contributed by atoms with E-state index in [4.69, 9.17) is 17.2 Å². The van der Waals surface area contributed by atoms with E-state index in [9.17, 15) is 33.9 Å². The summed E-state index contributed by atoms with van der Waals surface area (Å²) < 4.78 is 0. The molecule has 5 amide bonds. The molecule has 1 aliphatic heterocycles. The fourth-order valence-corrected chi connectivity index (χ4v) is 3.96. The molecule has 0 radical (unpaired) electrons. The Hall–Kier alpha value is -4.00. The molecule has 36 heavy (non-hydrogen) atoms. The highest BCUT2D eigenvalue weighted by atomic mass is 16.4. The summed E-state index contributed by atoms with van der Waals surface area (Å²) >= 11 is 0. The molecule has 1 aromatic carbocycles. The maximum Gasteiger partial charge on any atom is 0.326 e. The van der Waals surface area contributed by atoms with Gasteiger partial charge in [0.25, 0.3) is 0 Å². The number of carboxylic acids is 1. The summed E-state index contributed by atoms with van der Waals surface area (Å²) in [5.74, 6) is -5.05. The Morgan fingerprint density at radius 2 is 1.67 bits per heavy atom. The summed E-state index contributed by atoms with van der Waals surface area (Å²) in [7, 11) is 0. The third-order valence-electron chi connectivity index (χ3n) is 5.79. The fraction of sp³-hybridized carbons (Fsp3) is 0.478. The second-order valence-electron chi connectivity index (χ2n) is 8.62. The van der Waals surface area contributed by atoms with Gasteiger partial charge in [0.05, 0.1) is 12.5 Å². The van der Waals surface area contributed by atoms with Crippen molar-refractivity contribution in [2.75, 3.05) is 6.54 Å². The van der Waals surface area contributed by atoms with Gasteiger partial charge in [-0.25, -0.2) is 4.79 Å². The maximum absolute atomic E-state index is 13.3. The monoisotopic (exact) mass is 504 g/mol. The number of hydrogen-bond donors (Lipinski definition) is 6. The van der Waals surface area contributed by atoms with E-state index in [0.717, 1.165) is 5.56 Å². The van der Waals surface area contributed by atoms with Crippen molar-refractivity contribution >= 4 is 35.5 Å². The minimum Gasteiger partial charge on any atom is -0.480 e. The number of nitrogens with one attached hydrogen (secondary N) is 2. The molecule has 4 atom stereocenters. The van der Waals surface area contributed by atoms with Crippen LogP contribution in [0.15, 0.2) is 30.3 Å². The van der Waals surface area contributed by atoms with Crippen LogP contribution in [0.5, 0.6) is 0 Å². The number of likely N-dealkylation sites (tertiary alicyclic amines) is 1. The normalized spacial score (nSPS) is 17.5. The van der Waals surface area contributed by atoms with E-state index in [1.54, 1.807) is 24.3 Å². The molecular weight excluding hydrogens is 472 g/mol. The first-order valence-corrected chi connectivity index (χ1v) is 11.5. The summed E-state index contributed by atoms with van der Waals surface area (Å²) in [4.78, 5) is 73.9. The molecule has 0 aromatic heterocycles. The Morgan fingerprint density at radius 3 is 2.25 bits per heavy atom. The Bertz CT molecular complexity index is 986. The van der Waals surface area contributed by atoms with Crippen LogP contribution in [-0.4, -0.2) is 76.2 Å². The second kappa shape index (κ2) is 13.2. The highest BCUT2D eigenvalue weighted by Crippen LogP contribution is 2.20. The number of carbonyl (C=O) groups is 6. The van der Waals surface area contributed by atoms with Gasteiger partial charge in [0, 0.05) is 13.0 Å². The summed E-state index contributed by atoms with van der Waals surface area (Å²) in [6.45, 7) is 0.170. The molecule has 0 saturated carbocycles. The highest BCUT2D eigenvalue weighted by molar-refractivity contribution is 5.95. The highest BCUT2D eigenvalue weighted by Gasteiger charge is 2.39. The number of carbonyl (C=O) groups excluding carboxylic acids is 5. The first kappa shape index (κ1) is 28.2. The average molecular weight is 505 g/mol. The number of hydrogen-bond acceptors (Lipinski definition) is 7. The van der Waals surface area contributed by atoms with Crippen LogP contribution in [0, 0.1) is 0 Å². The van der Waals surface area contributed by atoms with Gasteiger partial charge in [-0.05, 0) is 31.2 Å². The lowest BCUT2D eigenvalue weighted by molar-refractivity contribution is -0.146. The second-order valence-corrected chi connectivity index (χ2v) is 8.62. The van der Waals surface area contributed by atoms with Crippen molar-refractivity contribution in [2.45, 2.75) is 62.7 Å². The standard InChI is InChI=1S/C23H32N6O7/c24-14(11-13-5-2-1-3-6-13)20(32)27-15(8-9-18(25)30)22(34)29-10-4-7-17(29)21(33)28-16(23(35)36)12-19(26)31/h1-3,5-6,14-17H,4,7-12,24H2,(H2,25,30)(H2,26,31)(H,27,32)(H,28,33)(H,35,36). The van der Waals surface area contributed by atoms with Crippen LogP contribution in [0.1, 0.15) is 37.7 Å². The molecule has 1 heterocycles. The first-order valence-electron chi connectivity index (χ1n) is 11.5. The lowest BCUT2D eigenvalue weighted by atomic mass is 10.0. The minimum atomic E-state index is -1.55. The zero-order valence-electron chi connectivity index (χ0n) is 19.7. The van der Waals surface area contributed by atoms with Crippen molar-refractivity contribution in [3.63, 3.8) is 0 Å². The number of aliphatic carboxylic acids is 1. The van der Waals surface area contributed by atoms with E-state index in [-0.39, 0.29) is 32.2 Å². The summed E-state index contributed by atoms with van der Waals surface area (Å²) in [6, 6.07) is 4.31. The molecule has 0 spiro atoms. The van der Waals surface area contributed by atoms with Gasteiger partial charge >= 0.3 is 5.97 Å². The van der Waals surface area contributed by atoms with Crippen molar-refractivity contribution in [1.82, 2.24) is 15.5 Å². The Kier molecular flexibility index (Phi) is 10.3. The zero-order chi connectivity index (χ0) is 26.8. The lowest BCUT2D eigenvalue weighted by Gasteiger charge is -2.29. The smallest absolute Gasteiger partial charge is 0.326 e. The molecule has 0 aliphatic carbocycles. The zero-order valence-corrected chi connectivity index (χ0v) is 19.7. The molecule has 0 bridgehead atoms. The molecule has 9 N–H and O–H groups in total. The van der Waals surface area contributed by atoms with Crippen LogP contribution < -0.4 is 27.8 Å². The van der Waals surface area contributed by atoms with Crippen molar-refractivity contribution in [3.05, 3.63) is 35.9 Å². The van der Waals surface area contributed by atoms with Crippen molar-refractivity contribution in [2.24, 2.45) is 17.2 Å². The number of primary amides is 2. The number of rotatable bonds is 13. The van der Waals surface area contributed by atoms with Gasteiger partial charge in [-0.1, -0.05) is 30.3 Å². The molecule has 1 aliphatic rings. The lowest BCUT2D eigenvalue weighted by Crippen LogP contribution is -2.57. The van der Waals surface area contributed by atoms with E-state index >= 15 is 0 Å². The van der Waals surface area contributed by atoms with Crippen LogP contribution in [0.2, 0.25) is 0 Å². The average Bonchev–Trinajstić information content (AvgIpc) is 3.31. The maximum atomic E-state index is 13.3. The Labute approximate surface area is 207 Å². The van der Waals surface area contributed by atoms with E-state index in [2.05, 4.69) is 10.6 Å². The van der Waals surface area contributed by atoms with Crippen LogP contribution >= 0.6 is 0 Å². The number of amides is 5. The molecule has 1 fully saturated rings. The van der Waals surface area contributed by atoms with Crippen LogP contribution in [0.4, 0.5) is 0 Å². The van der Waals surface area contributed by atoms with E-state index in [1.807, 2.05) is 6.07 Å². The number of nitrogens with two attached hydrogens (primary N) is 3. The third kappa shape index (κ3) is 8.34. The molecule has 1 aromatic rings. The predicted octanol–water partition coefficient (Wildman–Crippen LogP) is -2.26. The van der Waals surface area contributed by atoms with Crippen LogP contribution in [0.25, 0.3) is 0 Å². The van der Waals surface area contributed by atoms with Gasteiger partial charge in [-0.15, -0.1) is 0 Å². The molecular formula is C23H32N6O7. The van der Waals surface area contributed by atoms with Gasteiger partial charge in [-0.2, -0.15) is 0 Å². The Morgan fingerprint density at radius 1 is 1.00 bits per heavy atom. The summed E-state index contributed by atoms with van der Waals surface area (Å²) in [5, 5.41) is 14.0. The van der Waals surface area contributed by atoms with Gasteiger partial charge in [0.2, 0.25) is 29.5 Å². The van der Waals surface area contributed by atoms with E-state index < -0.39 is 66.1 Å². The molecule has 196 valence electrons. The van der Waals surface area contributed by atoms with Gasteiger partial charge in [-0.3, -0.25) is 24.0 Å². The fourth-order valence-electron chi connectivity index (χ4n) is 3.96. The SMILES string of the molecule is NC(=O)CCC(NC(=O)C(N)Cc1ccccc1)C(=O)N1CCCC1C(=O)NC(CC(N)=O)C(=O)O. The topological polar surface area (TPSA) is 228 Å². The molecule has 13 heteroatoms.